The average molecular weight is 381 g/mol. The van der Waals surface area contributed by atoms with Crippen molar-refractivity contribution in [1.29, 1.82) is 0 Å². The highest BCUT2D eigenvalue weighted by Gasteiger charge is 2.32. The van der Waals surface area contributed by atoms with E-state index in [9.17, 15) is 19.8 Å². The van der Waals surface area contributed by atoms with Crippen molar-refractivity contribution in [3.05, 3.63) is 24.8 Å². The normalized spacial score (nSPS) is 22.3. The van der Waals surface area contributed by atoms with Crippen molar-refractivity contribution in [3.8, 4) is 0 Å². The van der Waals surface area contributed by atoms with Gasteiger partial charge in [-0.2, -0.15) is 0 Å². The molecule has 1 rings (SSSR count). The molecule has 0 saturated heterocycles. The topological polar surface area (TPSA) is 94.8 Å². The van der Waals surface area contributed by atoms with Gasteiger partial charge < -0.3 is 15.3 Å². The number of hydrogen-bond acceptors (Lipinski definition) is 5. The molecule has 0 spiro atoms. The van der Waals surface area contributed by atoms with Crippen LogP contribution in [0.1, 0.15) is 70.6 Å². The molecular weight excluding hydrogens is 344 g/mol. The molecule has 0 aromatic heterocycles. The zero-order valence-electron chi connectivity index (χ0n) is 16.4. The first kappa shape index (κ1) is 23.7. The van der Waals surface area contributed by atoms with Gasteiger partial charge in [0.15, 0.2) is 5.78 Å². The minimum absolute atomic E-state index is 0.0516. The molecule has 0 radical (unpaired) electrons. The molecule has 1 unspecified atom stereocenters. The summed E-state index contributed by atoms with van der Waals surface area (Å²) in [5.74, 6) is 0.484. The molecule has 1 fully saturated rings. The van der Waals surface area contributed by atoms with Gasteiger partial charge in [0.05, 0.1) is 12.2 Å². The fourth-order valence-electron chi connectivity index (χ4n) is 3.74. The zero-order chi connectivity index (χ0) is 20.1. The Balaban J connectivity index is 2.38. The van der Waals surface area contributed by atoms with Gasteiger partial charge in [-0.15, -0.1) is 6.58 Å². The summed E-state index contributed by atoms with van der Waals surface area (Å²) in [5.41, 5.74) is -1.12. The molecule has 27 heavy (non-hydrogen) atoms. The number of rotatable bonds is 15. The summed E-state index contributed by atoms with van der Waals surface area (Å²) < 4.78 is 0. The van der Waals surface area contributed by atoms with E-state index in [4.69, 9.17) is 5.11 Å². The van der Waals surface area contributed by atoms with Crippen LogP contribution in [0.25, 0.3) is 0 Å². The second-order valence-corrected chi connectivity index (χ2v) is 7.77. The molecule has 0 heterocycles. The highest BCUT2D eigenvalue weighted by atomic mass is 16.3. The molecule has 0 aromatic carbocycles. The van der Waals surface area contributed by atoms with E-state index in [0.29, 0.717) is 37.9 Å². The lowest BCUT2D eigenvalue weighted by Crippen LogP contribution is -2.32. The van der Waals surface area contributed by atoms with Gasteiger partial charge in [-0.1, -0.05) is 37.5 Å². The van der Waals surface area contributed by atoms with Crippen LogP contribution in [0, 0.1) is 11.8 Å². The fourth-order valence-corrected chi connectivity index (χ4v) is 3.74. The van der Waals surface area contributed by atoms with E-state index in [2.05, 4.69) is 6.58 Å². The third-order valence-corrected chi connectivity index (χ3v) is 5.54. The van der Waals surface area contributed by atoms with Crippen molar-refractivity contribution in [2.75, 3.05) is 13.2 Å². The van der Waals surface area contributed by atoms with E-state index >= 15 is 0 Å². The first-order valence-electron chi connectivity index (χ1n) is 10.2. The molecule has 0 aliphatic heterocycles. The van der Waals surface area contributed by atoms with E-state index < -0.39 is 5.60 Å². The van der Waals surface area contributed by atoms with E-state index in [1.54, 1.807) is 6.08 Å². The Kier molecular flexibility index (Phi) is 11.4. The van der Waals surface area contributed by atoms with Gasteiger partial charge in [-0.3, -0.25) is 9.59 Å². The monoisotopic (exact) mass is 380 g/mol. The van der Waals surface area contributed by atoms with Crippen molar-refractivity contribution in [2.24, 2.45) is 11.8 Å². The van der Waals surface area contributed by atoms with Crippen LogP contribution < -0.4 is 0 Å². The molecular formula is C22H36O5. The van der Waals surface area contributed by atoms with Crippen molar-refractivity contribution in [3.63, 3.8) is 0 Å². The van der Waals surface area contributed by atoms with Gasteiger partial charge in [-0.25, -0.2) is 0 Å². The zero-order valence-corrected chi connectivity index (χ0v) is 16.4. The number of carbonyl (C=O) groups is 2. The number of carbonyl (C=O) groups excluding carboxylic acids is 2. The van der Waals surface area contributed by atoms with Crippen LogP contribution in [0.15, 0.2) is 24.8 Å². The van der Waals surface area contributed by atoms with Crippen LogP contribution in [0.4, 0.5) is 0 Å². The van der Waals surface area contributed by atoms with Crippen LogP contribution in [0.2, 0.25) is 0 Å². The van der Waals surface area contributed by atoms with Crippen molar-refractivity contribution in [2.45, 2.75) is 76.2 Å². The lowest BCUT2D eigenvalue weighted by atomic mass is 9.88. The molecule has 154 valence electrons. The summed E-state index contributed by atoms with van der Waals surface area (Å²) in [4.78, 5) is 23.2. The van der Waals surface area contributed by atoms with Gasteiger partial charge in [0, 0.05) is 18.8 Å². The number of aliphatic hydroxyl groups excluding tert-OH is 2. The molecule has 3 atom stereocenters. The van der Waals surface area contributed by atoms with Crippen molar-refractivity contribution >= 4 is 11.6 Å². The Bertz CT molecular complexity index is 499. The number of Topliss-reactive ketones (excluding diaryl/α,β-unsaturated/α-hetero) is 2. The van der Waals surface area contributed by atoms with Gasteiger partial charge >= 0.3 is 0 Å². The predicted molar refractivity (Wildman–Crippen MR) is 106 cm³/mol. The maximum absolute atomic E-state index is 12.2. The van der Waals surface area contributed by atoms with Crippen LogP contribution in [0.5, 0.6) is 0 Å². The maximum atomic E-state index is 12.2. The first-order valence-corrected chi connectivity index (χ1v) is 10.2. The molecule has 1 aliphatic rings. The summed E-state index contributed by atoms with van der Waals surface area (Å²) in [7, 11) is 0. The Morgan fingerprint density at radius 2 is 1.96 bits per heavy atom. The highest BCUT2D eigenvalue weighted by molar-refractivity contribution is 5.83. The maximum Gasteiger partial charge on any atom is 0.158 e. The molecule has 3 N–H and O–H groups in total. The highest BCUT2D eigenvalue weighted by Crippen LogP contribution is 2.34. The van der Waals surface area contributed by atoms with Gasteiger partial charge in [-0.05, 0) is 44.4 Å². The van der Waals surface area contributed by atoms with Crippen LogP contribution >= 0.6 is 0 Å². The predicted octanol–water partition coefficient (Wildman–Crippen LogP) is 3.12. The molecule has 1 saturated carbocycles. The van der Waals surface area contributed by atoms with E-state index in [1.165, 1.54) is 0 Å². The quantitative estimate of drug-likeness (QED) is 0.300. The van der Waals surface area contributed by atoms with Crippen LogP contribution in [-0.4, -0.2) is 45.7 Å². The Labute approximate surface area is 163 Å². The largest absolute Gasteiger partial charge is 0.393 e. The van der Waals surface area contributed by atoms with E-state index in [0.717, 1.165) is 38.5 Å². The standard InChI is InChI=1S/C22H36O5/c1-2-3-14-22(27,17-24)15-8-9-18-12-13-21(26)20(18)11-7-5-4-6-10-19(25)16-23/h2,8-9,18,20,23-24,27H,1,3-7,10-17H2/t18-,20+,22?/m0/s1. The summed E-state index contributed by atoms with van der Waals surface area (Å²) in [5, 5.41) is 28.5. The molecule has 0 amide bonds. The van der Waals surface area contributed by atoms with Gasteiger partial charge in [0.1, 0.15) is 12.4 Å². The van der Waals surface area contributed by atoms with Crippen LogP contribution in [0.3, 0.4) is 0 Å². The lowest BCUT2D eigenvalue weighted by Gasteiger charge is -2.24. The molecule has 0 bridgehead atoms. The first-order chi connectivity index (χ1) is 13.0. The summed E-state index contributed by atoms with van der Waals surface area (Å²) in [6, 6.07) is 0. The minimum atomic E-state index is -1.12. The Morgan fingerprint density at radius 1 is 1.22 bits per heavy atom. The number of aliphatic hydroxyl groups is 3. The lowest BCUT2D eigenvalue weighted by molar-refractivity contribution is -0.122. The molecule has 5 nitrogen and oxygen atoms in total. The third kappa shape index (κ3) is 8.96. The van der Waals surface area contributed by atoms with Crippen molar-refractivity contribution in [1.82, 2.24) is 0 Å². The van der Waals surface area contributed by atoms with E-state index in [1.807, 2.05) is 12.2 Å². The fraction of sp³-hybridized carbons (Fsp3) is 0.727. The number of ketones is 2. The van der Waals surface area contributed by atoms with Gasteiger partial charge in [0.25, 0.3) is 0 Å². The summed E-state index contributed by atoms with van der Waals surface area (Å²) in [6.07, 6.45) is 13.7. The SMILES string of the molecule is C=CCCC(O)(CO)CC=C[C@H]1CCC(=O)[C@@H]1CCCCCCC(=O)CO. The molecule has 0 aromatic rings. The summed E-state index contributed by atoms with van der Waals surface area (Å²) in [6.45, 7) is 2.99. The van der Waals surface area contributed by atoms with E-state index in [-0.39, 0.29) is 30.8 Å². The second-order valence-electron chi connectivity index (χ2n) is 7.77. The third-order valence-electron chi connectivity index (χ3n) is 5.54. The van der Waals surface area contributed by atoms with Gasteiger partial charge in [0.2, 0.25) is 0 Å². The number of allylic oxidation sites excluding steroid dienone is 2. The molecule has 1 aliphatic carbocycles. The average Bonchev–Trinajstić information content (AvgIpc) is 3.02. The Morgan fingerprint density at radius 3 is 2.63 bits per heavy atom. The molecule has 5 heteroatoms. The van der Waals surface area contributed by atoms with Crippen molar-refractivity contribution < 1.29 is 24.9 Å². The smallest absolute Gasteiger partial charge is 0.158 e. The second kappa shape index (κ2) is 13.0. The number of hydrogen-bond donors (Lipinski definition) is 3. The van der Waals surface area contributed by atoms with Crippen LogP contribution in [-0.2, 0) is 9.59 Å². The summed E-state index contributed by atoms with van der Waals surface area (Å²) >= 11 is 0. The Hall–Kier alpha value is -1.30. The minimum Gasteiger partial charge on any atom is -0.393 e. The number of unbranched alkanes of at least 4 members (excludes halogenated alkanes) is 3.